The van der Waals surface area contributed by atoms with Gasteiger partial charge in [0, 0.05) is 26.2 Å². The summed E-state index contributed by atoms with van der Waals surface area (Å²) in [5.41, 5.74) is 2.31. The number of sulfonamides is 1. The van der Waals surface area contributed by atoms with Gasteiger partial charge in [0.15, 0.2) is 0 Å². The molecule has 7 heteroatoms. The lowest BCUT2D eigenvalue weighted by atomic mass is 10.2. The van der Waals surface area contributed by atoms with E-state index in [0.717, 1.165) is 11.1 Å². The molecule has 3 rings (SSSR count). The fourth-order valence-electron chi connectivity index (χ4n) is 3.14. The summed E-state index contributed by atoms with van der Waals surface area (Å²) in [6.45, 7) is 6.80. The van der Waals surface area contributed by atoms with Crippen LogP contribution in [0, 0.1) is 20.8 Å². The Hall–Kier alpha value is -2.12. The van der Waals surface area contributed by atoms with Crippen molar-refractivity contribution in [2.75, 3.05) is 26.2 Å². The molecule has 0 aliphatic carbocycles. The van der Waals surface area contributed by atoms with Gasteiger partial charge in [-0.1, -0.05) is 17.7 Å². The number of nitrogens with zero attached hydrogens (tertiary/aromatic N) is 2. The van der Waals surface area contributed by atoms with Crippen LogP contribution in [0.3, 0.4) is 0 Å². The number of amides is 1. The Kier molecular flexibility index (Phi) is 4.71. The number of hydrogen-bond acceptors (Lipinski definition) is 4. The summed E-state index contributed by atoms with van der Waals surface area (Å²) in [4.78, 5) is 14.5. The number of hydrogen-bond donors (Lipinski definition) is 0. The SMILES string of the molecule is Cc1ccc(S(=O)(=O)N2CCN(C(=O)c3ccoc3C)CC2)c(C)c1. The topological polar surface area (TPSA) is 70.8 Å². The number of piperazine rings is 1. The predicted octanol–water partition coefficient (Wildman–Crippen LogP) is 2.35. The van der Waals surface area contributed by atoms with E-state index >= 15 is 0 Å². The van der Waals surface area contributed by atoms with E-state index < -0.39 is 10.0 Å². The Morgan fingerprint density at radius 2 is 1.72 bits per heavy atom. The van der Waals surface area contributed by atoms with Gasteiger partial charge in [-0.3, -0.25) is 4.79 Å². The van der Waals surface area contributed by atoms with Crippen molar-refractivity contribution in [3.63, 3.8) is 0 Å². The predicted molar refractivity (Wildman–Crippen MR) is 94.0 cm³/mol. The largest absolute Gasteiger partial charge is 0.469 e. The van der Waals surface area contributed by atoms with Crippen molar-refractivity contribution < 1.29 is 17.6 Å². The highest BCUT2D eigenvalue weighted by Gasteiger charge is 2.31. The van der Waals surface area contributed by atoms with Crippen LogP contribution in [0.1, 0.15) is 27.2 Å². The van der Waals surface area contributed by atoms with Crippen LogP contribution in [0.25, 0.3) is 0 Å². The summed E-state index contributed by atoms with van der Waals surface area (Å²) in [5, 5.41) is 0. The van der Waals surface area contributed by atoms with Crippen molar-refractivity contribution in [1.29, 1.82) is 0 Å². The van der Waals surface area contributed by atoms with Crippen molar-refractivity contribution in [1.82, 2.24) is 9.21 Å². The number of carbonyl (C=O) groups excluding carboxylic acids is 1. The summed E-state index contributed by atoms with van der Waals surface area (Å²) >= 11 is 0. The van der Waals surface area contributed by atoms with Gasteiger partial charge in [-0.25, -0.2) is 8.42 Å². The maximum Gasteiger partial charge on any atom is 0.257 e. The molecule has 1 fully saturated rings. The summed E-state index contributed by atoms with van der Waals surface area (Å²) < 4.78 is 32.4. The van der Waals surface area contributed by atoms with E-state index in [0.29, 0.717) is 29.3 Å². The van der Waals surface area contributed by atoms with Gasteiger partial charge in [-0.15, -0.1) is 0 Å². The first-order valence-electron chi connectivity index (χ1n) is 8.21. The minimum atomic E-state index is -3.54. The first-order valence-corrected chi connectivity index (χ1v) is 9.65. The molecule has 6 nitrogen and oxygen atoms in total. The molecule has 0 N–H and O–H groups in total. The Balaban J connectivity index is 1.73. The highest BCUT2D eigenvalue weighted by atomic mass is 32.2. The van der Waals surface area contributed by atoms with Gasteiger partial charge in [-0.05, 0) is 38.5 Å². The third kappa shape index (κ3) is 3.34. The second-order valence-electron chi connectivity index (χ2n) is 6.36. The molecule has 0 bridgehead atoms. The molecule has 0 atom stereocenters. The zero-order valence-electron chi connectivity index (χ0n) is 14.7. The van der Waals surface area contributed by atoms with Gasteiger partial charge in [0.25, 0.3) is 5.91 Å². The fourth-order valence-corrected chi connectivity index (χ4v) is 4.76. The van der Waals surface area contributed by atoms with E-state index in [9.17, 15) is 13.2 Å². The molecule has 1 aliphatic rings. The normalized spacial score (nSPS) is 16.2. The molecular weight excluding hydrogens is 340 g/mol. The lowest BCUT2D eigenvalue weighted by molar-refractivity contribution is 0.0696. The summed E-state index contributed by atoms with van der Waals surface area (Å²) in [6.07, 6.45) is 1.49. The summed E-state index contributed by atoms with van der Waals surface area (Å²) in [5.74, 6) is 0.463. The van der Waals surface area contributed by atoms with Crippen LogP contribution in [0.2, 0.25) is 0 Å². The van der Waals surface area contributed by atoms with Crippen LogP contribution < -0.4 is 0 Å². The number of aryl methyl sites for hydroxylation is 3. The average Bonchev–Trinajstić information content (AvgIpc) is 3.00. The monoisotopic (exact) mass is 362 g/mol. The van der Waals surface area contributed by atoms with Crippen LogP contribution >= 0.6 is 0 Å². The van der Waals surface area contributed by atoms with Crippen LogP contribution in [-0.4, -0.2) is 49.7 Å². The van der Waals surface area contributed by atoms with Crippen LogP contribution in [0.5, 0.6) is 0 Å². The Morgan fingerprint density at radius 3 is 2.28 bits per heavy atom. The number of benzene rings is 1. The third-order valence-electron chi connectivity index (χ3n) is 4.56. The molecule has 0 radical (unpaired) electrons. The third-order valence-corrected chi connectivity index (χ3v) is 6.62. The quantitative estimate of drug-likeness (QED) is 0.840. The molecule has 134 valence electrons. The van der Waals surface area contributed by atoms with Crippen LogP contribution in [0.4, 0.5) is 0 Å². The van der Waals surface area contributed by atoms with Crippen LogP contribution in [-0.2, 0) is 10.0 Å². The Labute approximate surface area is 148 Å². The Bertz CT molecular complexity index is 894. The van der Waals surface area contributed by atoms with Gasteiger partial charge >= 0.3 is 0 Å². The first kappa shape index (κ1) is 17.7. The summed E-state index contributed by atoms with van der Waals surface area (Å²) in [7, 11) is -3.54. The number of rotatable bonds is 3. The molecule has 1 aromatic heterocycles. The van der Waals surface area contributed by atoms with Gasteiger partial charge in [0.1, 0.15) is 5.76 Å². The van der Waals surface area contributed by atoms with Gasteiger partial charge in [0.2, 0.25) is 10.0 Å². The van der Waals surface area contributed by atoms with Gasteiger partial charge < -0.3 is 9.32 Å². The van der Waals surface area contributed by atoms with Crippen molar-refractivity contribution in [2.45, 2.75) is 25.7 Å². The zero-order chi connectivity index (χ0) is 18.2. The second kappa shape index (κ2) is 6.65. The number of furan rings is 1. The smallest absolute Gasteiger partial charge is 0.257 e. The lowest BCUT2D eigenvalue weighted by Gasteiger charge is -2.34. The Morgan fingerprint density at radius 1 is 1.04 bits per heavy atom. The maximum absolute atomic E-state index is 12.9. The van der Waals surface area contributed by atoms with E-state index in [1.54, 1.807) is 36.9 Å². The molecule has 0 spiro atoms. The molecule has 2 aromatic rings. The highest BCUT2D eigenvalue weighted by molar-refractivity contribution is 7.89. The summed E-state index contributed by atoms with van der Waals surface area (Å²) in [6, 6.07) is 6.98. The molecule has 1 aliphatic heterocycles. The second-order valence-corrected chi connectivity index (χ2v) is 8.26. The molecule has 0 saturated carbocycles. The van der Waals surface area contributed by atoms with Gasteiger partial charge in [0.05, 0.1) is 16.7 Å². The lowest BCUT2D eigenvalue weighted by Crippen LogP contribution is -2.50. The van der Waals surface area contributed by atoms with E-state index in [1.807, 2.05) is 13.0 Å². The van der Waals surface area contributed by atoms with Crippen molar-refractivity contribution in [2.24, 2.45) is 0 Å². The van der Waals surface area contributed by atoms with E-state index in [2.05, 4.69) is 0 Å². The molecule has 1 amide bonds. The van der Waals surface area contributed by atoms with E-state index in [1.165, 1.54) is 10.6 Å². The molecule has 0 unspecified atom stereocenters. The minimum Gasteiger partial charge on any atom is -0.469 e. The first-order chi connectivity index (χ1) is 11.8. The van der Waals surface area contributed by atoms with Crippen molar-refractivity contribution in [3.05, 3.63) is 53.0 Å². The molecular formula is C18H22N2O4S. The highest BCUT2D eigenvalue weighted by Crippen LogP contribution is 2.23. The molecule has 1 aromatic carbocycles. The van der Waals surface area contributed by atoms with Gasteiger partial charge in [-0.2, -0.15) is 4.31 Å². The van der Waals surface area contributed by atoms with E-state index in [-0.39, 0.29) is 19.0 Å². The van der Waals surface area contributed by atoms with Crippen molar-refractivity contribution >= 4 is 15.9 Å². The number of carbonyl (C=O) groups is 1. The molecule has 2 heterocycles. The molecule has 25 heavy (non-hydrogen) atoms. The maximum atomic E-state index is 12.9. The average molecular weight is 362 g/mol. The minimum absolute atomic E-state index is 0.116. The zero-order valence-corrected chi connectivity index (χ0v) is 15.5. The van der Waals surface area contributed by atoms with Crippen LogP contribution in [0.15, 0.2) is 39.8 Å². The van der Waals surface area contributed by atoms with E-state index in [4.69, 9.17) is 4.42 Å². The fraction of sp³-hybridized carbons (Fsp3) is 0.389. The standard InChI is InChI=1S/C18H22N2O4S/c1-13-4-5-17(14(2)12-13)25(22,23)20-9-7-19(8-10-20)18(21)16-6-11-24-15(16)3/h4-6,11-12H,7-10H2,1-3H3. The molecule has 1 saturated heterocycles. The van der Waals surface area contributed by atoms with Crippen molar-refractivity contribution in [3.8, 4) is 0 Å².